The predicted octanol–water partition coefficient (Wildman–Crippen LogP) is 1.94. The molecule has 0 aliphatic rings. The molecule has 20 heavy (non-hydrogen) atoms. The Labute approximate surface area is 122 Å². The Bertz CT molecular complexity index is 352. The number of carbonyl (C=O) groups is 3. The molecule has 0 aliphatic heterocycles. The van der Waals surface area contributed by atoms with Crippen LogP contribution >= 0.6 is 11.8 Å². The van der Waals surface area contributed by atoms with Crippen LogP contribution in [0.1, 0.15) is 27.7 Å². The molecule has 1 N–H and O–H groups in total. The van der Waals surface area contributed by atoms with Gasteiger partial charge in [0, 0.05) is 5.75 Å². The predicted molar refractivity (Wildman–Crippen MR) is 74.7 cm³/mol. The molecule has 0 bridgehead atoms. The van der Waals surface area contributed by atoms with Crippen LogP contribution in [0.5, 0.6) is 0 Å². The van der Waals surface area contributed by atoms with E-state index in [0.29, 0.717) is 0 Å². The molecular formula is C12H21NO6S. The molecule has 8 heteroatoms. The zero-order valence-electron chi connectivity index (χ0n) is 12.3. The standard InChI is InChI=1S/C12H21NO6S/c1-6-17-11(16)18-9(14)8(7-20-5)13-10(15)19-12(2,3)4/h8H,6-7H2,1-5H3,(H,13,15). The number of nitrogens with one attached hydrogen (secondary N) is 1. The van der Waals surface area contributed by atoms with E-state index in [9.17, 15) is 14.4 Å². The van der Waals surface area contributed by atoms with Gasteiger partial charge in [0.1, 0.15) is 11.6 Å². The highest BCUT2D eigenvalue weighted by Crippen LogP contribution is 2.08. The number of carbonyl (C=O) groups excluding carboxylic acids is 3. The van der Waals surface area contributed by atoms with Crippen molar-refractivity contribution in [2.24, 2.45) is 0 Å². The van der Waals surface area contributed by atoms with Crippen molar-refractivity contribution in [3.8, 4) is 0 Å². The second-order valence-corrected chi connectivity index (χ2v) is 5.67. The van der Waals surface area contributed by atoms with Crippen LogP contribution in [0.4, 0.5) is 9.59 Å². The van der Waals surface area contributed by atoms with Crippen molar-refractivity contribution in [3.63, 3.8) is 0 Å². The fraction of sp³-hybridized carbons (Fsp3) is 0.750. The van der Waals surface area contributed by atoms with E-state index in [2.05, 4.69) is 14.8 Å². The van der Waals surface area contributed by atoms with Gasteiger partial charge < -0.3 is 19.5 Å². The largest absolute Gasteiger partial charge is 0.516 e. The Morgan fingerprint density at radius 1 is 1.25 bits per heavy atom. The number of amides is 1. The maximum Gasteiger partial charge on any atom is 0.516 e. The molecule has 0 aromatic heterocycles. The SMILES string of the molecule is CCOC(=O)OC(=O)C(CSC)NC(=O)OC(C)(C)C. The van der Waals surface area contributed by atoms with Crippen molar-refractivity contribution in [3.05, 3.63) is 0 Å². The van der Waals surface area contributed by atoms with E-state index >= 15 is 0 Å². The lowest BCUT2D eigenvalue weighted by molar-refractivity contribution is -0.141. The fourth-order valence-corrected chi connectivity index (χ4v) is 1.64. The molecule has 0 radical (unpaired) electrons. The number of hydrogen-bond donors (Lipinski definition) is 1. The fourth-order valence-electron chi connectivity index (χ4n) is 1.09. The third-order valence-electron chi connectivity index (χ3n) is 1.75. The molecule has 0 saturated heterocycles. The number of esters is 1. The normalized spacial score (nSPS) is 12.2. The third-order valence-corrected chi connectivity index (χ3v) is 2.42. The highest BCUT2D eigenvalue weighted by atomic mass is 32.2. The van der Waals surface area contributed by atoms with Crippen molar-refractivity contribution < 1.29 is 28.6 Å². The summed E-state index contributed by atoms with van der Waals surface area (Å²) in [4.78, 5) is 34.4. The number of ether oxygens (including phenoxy) is 3. The van der Waals surface area contributed by atoms with E-state index < -0.39 is 29.9 Å². The van der Waals surface area contributed by atoms with E-state index in [4.69, 9.17) is 4.74 Å². The summed E-state index contributed by atoms with van der Waals surface area (Å²) in [5.74, 6) is -0.638. The van der Waals surface area contributed by atoms with Crippen LogP contribution in [-0.2, 0) is 19.0 Å². The van der Waals surface area contributed by atoms with Crippen LogP contribution in [0.15, 0.2) is 0 Å². The van der Waals surface area contributed by atoms with E-state index in [-0.39, 0.29) is 12.4 Å². The molecule has 116 valence electrons. The summed E-state index contributed by atoms with van der Waals surface area (Å²) in [6.07, 6.45) is -0.0894. The minimum absolute atomic E-state index is 0.0960. The molecule has 0 saturated carbocycles. The van der Waals surface area contributed by atoms with Crippen molar-refractivity contribution in [1.29, 1.82) is 0 Å². The van der Waals surface area contributed by atoms with Crippen LogP contribution in [0.3, 0.4) is 0 Å². The topological polar surface area (TPSA) is 90.9 Å². The molecule has 0 heterocycles. The molecule has 1 unspecified atom stereocenters. The molecule has 7 nitrogen and oxygen atoms in total. The van der Waals surface area contributed by atoms with Crippen molar-refractivity contribution in [1.82, 2.24) is 5.32 Å². The van der Waals surface area contributed by atoms with Gasteiger partial charge in [-0.15, -0.1) is 0 Å². The summed E-state index contributed by atoms with van der Waals surface area (Å²) in [7, 11) is 0. The van der Waals surface area contributed by atoms with Crippen LogP contribution in [0.2, 0.25) is 0 Å². The second kappa shape index (κ2) is 8.68. The molecule has 0 spiro atoms. The van der Waals surface area contributed by atoms with Gasteiger partial charge in [-0.2, -0.15) is 11.8 Å². The first-order valence-corrected chi connectivity index (χ1v) is 7.46. The van der Waals surface area contributed by atoms with E-state index in [1.54, 1.807) is 34.0 Å². The van der Waals surface area contributed by atoms with E-state index in [0.717, 1.165) is 0 Å². The van der Waals surface area contributed by atoms with Crippen molar-refractivity contribution in [2.45, 2.75) is 39.3 Å². The van der Waals surface area contributed by atoms with Crippen molar-refractivity contribution >= 4 is 30.0 Å². The monoisotopic (exact) mass is 307 g/mol. The summed E-state index contributed by atoms with van der Waals surface area (Å²) in [5.41, 5.74) is -0.682. The minimum atomic E-state index is -1.09. The van der Waals surface area contributed by atoms with Crippen LogP contribution in [-0.4, -0.2) is 48.5 Å². The number of rotatable bonds is 5. The van der Waals surface area contributed by atoms with Crippen molar-refractivity contribution in [2.75, 3.05) is 18.6 Å². The number of hydrogen-bond acceptors (Lipinski definition) is 7. The smallest absolute Gasteiger partial charge is 0.444 e. The zero-order valence-corrected chi connectivity index (χ0v) is 13.2. The van der Waals surface area contributed by atoms with Gasteiger partial charge in [0.05, 0.1) is 6.61 Å². The molecule has 1 amide bonds. The van der Waals surface area contributed by atoms with Gasteiger partial charge in [0.2, 0.25) is 0 Å². The average Bonchev–Trinajstić information content (AvgIpc) is 2.25. The first kappa shape index (κ1) is 18.6. The quantitative estimate of drug-likeness (QED) is 0.613. The lowest BCUT2D eigenvalue weighted by Gasteiger charge is -2.22. The van der Waals surface area contributed by atoms with Gasteiger partial charge in [-0.25, -0.2) is 14.4 Å². The molecule has 0 aromatic carbocycles. The molecule has 0 aromatic rings. The number of thioether (sulfide) groups is 1. The molecule has 0 fully saturated rings. The lowest BCUT2D eigenvalue weighted by Crippen LogP contribution is -2.46. The Hall–Kier alpha value is -1.44. The highest BCUT2D eigenvalue weighted by molar-refractivity contribution is 7.98. The Morgan fingerprint density at radius 3 is 2.30 bits per heavy atom. The zero-order chi connectivity index (χ0) is 15.8. The van der Waals surface area contributed by atoms with Gasteiger partial charge in [0.15, 0.2) is 0 Å². The summed E-state index contributed by atoms with van der Waals surface area (Å²) in [6, 6.07) is -0.982. The third kappa shape index (κ3) is 8.63. The van der Waals surface area contributed by atoms with E-state index in [1.807, 2.05) is 0 Å². The van der Waals surface area contributed by atoms with Crippen LogP contribution < -0.4 is 5.32 Å². The van der Waals surface area contributed by atoms with Gasteiger partial charge in [-0.1, -0.05) is 0 Å². The maximum atomic E-state index is 11.7. The molecule has 0 rings (SSSR count). The van der Waals surface area contributed by atoms with Crippen LogP contribution in [0, 0.1) is 0 Å². The average molecular weight is 307 g/mol. The molecular weight excluding hydrogens is 286 g/mol. The first-order valence-electron chi connectivity index (χ1n) is 6.06. The van der Waals surface area contributed by atoms with Gasteiger partial charge >= 0.3 is 18.2 Å². The van der Waals surface area contributed by atoms with Crippen LogP contribution in [0.25, 0.3) is 0 Å². The summed E-state index contributed by atoms with van der Waals surface area (Å²) >= 11 is 1.32. The summed E-state index contributed by atoms with van der Waals surface area (Å²) < 4.78 is 14.0. The van der Waals surface area contributed by atoms with Gasteiger partial charge in [0.25, 0.3) is 0 Å². The lowest BCUT2D eigenvalue weighted by atomic mass is 10.2. The summed E-state index contributed by atoms with van der Waals surface area (Å²) in [5, 5.41) is 2.36. The molecule has 1 atom stereocenters. The Morgan fingerprint density at radius 2 is 1.85 bits per heavy atom. The number of alkyl carbamates (subject to hydrolysis) is 1. The van der Waals surface area contributed by atoms with Gasteiger partial charge in [-0.05, 0) is 34.0 Å². The Kier molecular flexibility index (Phi) is 8.05. The Balaban J connectivity index is 4.51. The first-order chi connectivity index (χ1) is 9.19. The van der Waals surface area contributed by atoms with Gasteiger partial charge in [-0.3, -0.25) is 0 Å². The summed E-state index contributed by atoms with van der Waals surface area (Å²) in [6.45, 7) is 6.79. The second-order valence-electron chi connectivity index (χ2n) is 4.76. The molecule has 0 aliphatic carbocycles. The van der Waals surface area contributed by atoms with E-state index in [1.165, 1.54) is 11.8 Å². The highest BCUT2D eigenvalue weighted by Gasteiger charge is 2.27. The maximum absolute atomic E-state index is 11.7. The minimum Gasteiger partial charge on any atom is -0.444 e.